The summed E-state index contributed by atoms with van der Waals surface area (Å²) in [5, 5.41) is 0. The monoisotopic (exact) mass is 444 g/mol. The Morgan fingerprint density at radius 2 is 1.25 bits per heavy atom. The Morgan fingerprint density at radius 3 is 1.50 bits per heavy atom. The molecule has 0 aliphatic carbocycles. The standard InChI is InChI=1S/C8H10.C7H7.Bk/c1-7-3-5-8(2)6-4-7;1-7-5-3-2-4-6-7;/h3-6H,1-2H3;2-3,5-6H,1H3;/q;-1;. The van der Waals surface area contributed by atoms with Crippen LogP contribution in [-0.2, 0) is 0 Å². The Morgan fingerprint density at radius 1 is 0.750 bits per heavy atom. The van der Waals surface area contributed by atoms with E-state index >= 15 is 0 Å². The fraction of sp³-hybridized carbons (Fsp3) is 0.200. The first kappa shape index (κ1) is 13.4. The zero-order chi connectivity index (χ0) is 11.1. The molecule has 2 aromatic carbocycles. The molecule has 0 amide bonds. The molecule has 1 heteroatoms. The van der Waals surface area contributed by atoms with E-state index in [1.54, 1.807) is 0 Å². The maximum absolute atomic E-state index is 2.96. The summed E-state index contributed by atoms with van der Waals surface area (Å²) in [7, 11) is 0. The second-order valence-electron chi connectivity index (χ2n) is 3.74. The van der Waals surface area contributed by atoms with Crippen LogP contribution >= 0.6 is 0 Å². The van der Waals surface area contributed by atoms with E-state index in [0.29, 0.717) is 0 Å². The zero-order valence-electron chi connectivity index (χ0n) is 9.95. The van der Waals surface area contributed by atoms with Crippen molar-refractivity contribution in [2.45, 2.75) is 20.8 Å². The Labute approximate surface area is 92.6 Å². The van der Waals surface area contributed by atoms with Gasteiger partial charge in [0.15, 0.2) is 0 Å². The van der Waals surface area contributed by atoms with Crippen molar-refractivity contribution in [3.05, 3.63) is 71.3 Å². The maximum Gasteiger partial charge on any atom is 0 e. The van der Waals surface area contributed by atoms with Gasteiger partial charge in [0.05, 0.1) is 0 Å². The number of hydrogen-bond donors (Lipinski definition) is 0. The van der Waals surface area contributed by atoms with E-state index < -0.39 is 0 Å². The van der Waals surface area contributed by atoms with Gasteiger partial charge in [-0.3, -0.25) is 0 Å². The molecule has 0 heterocycles. The van der Waals surface area contributed by atoms with E-state index in [9.17, 15) is 0 Å². The van der Waals surface area contributed by atoms with Crippen molar-refractivity contribution in [3.8, 4) is 0 Å². The fourth-order valence-electron chi connectivity index (χ4n) is 1.12. The Kier molecular flexibility index (Phi) is 5.74. The third-order valence-corrected chi connectivity index (χ3v) is 2.08. The van der Waals surface area contributed by atoms with E-state index in [0.717, 1.165) is 0 Å². The summed E-state index contributed by atoms with van der Waals surface area (Å²) in [6.45, 7) is 6.25. The molecule has 0 spiro atoms. The quantitative estimate of drug-likeness (QED) is 0.537. The topological polar surface area (TPSA) is 0 Å². The molecule has 0 aliphatic heterocycles. The number of hydrogen-bond acceptors (Lipinski definition) is 0. The summed E-state index contributed by atoms with van der Waals surface area (Å²) in [6, 6.07) is 19.3. The summed E-state index contributed by atoms with van der Waals surface area (Å²) in [4.78, 5) is 0. The van der Waals surface area contributed by atoms with Gasteiger partial charge in [0.2, 0.25) is 0 Å². The normalized spacial score (nSPS) is 8.44. The van der Waals surface area contributed by atoms with Crippen molar-refractivity contribution in [2.75, 3.05) is 0 Å². The van der Waals surface area contributed by atoms with Crippen molar-refractivity contribution in [1.29, 1.82) is 0 Å². The molecule has 0 fully saturated rings. The van der Waals surface area contributed by atoms with Crippen LogP contribution in [0.1, 0.15) is 16.7 Å². The third-order valence-electron chi connectivity index (χ3n) is 2.08. The molecule has 2 rings (SSSR count). The molecule has 0 atom stereocenters. The smallest absolute Gasteiger partial charge is 0 e. The average molecular weight is 444 g/mol. The molecule has 0 aliphatic rings. The minimum atomic E-state index is 0. The zero-order valence-corrected chi connectivity index (χ0v) is 12.7. The maximum atomic E-state index is 2.96. The summed E-state index contributed by atoms with van der Waals surface area (Å²) in [6.07, 6.45) is 0. The summed E-state index contributed by atoms with van der Waals surface area (Å²) < 4.78 is 0. The molecule has 0 saturated heterocycles. The first-order valence-electron chi connectivity index (χ1n) is 5.14. The molecule has 0 aromatic heterocycles. The minimum Gasteiger partial charge on any atom is -0.184 e. The third kappa shape index (κ3) is 5.23. The predicted octanol–water partition coefficient (Wildman–Crippen LogP) is 4.10. The van der Waals surface area contributed by atoms with E-state index in [1.807, 2.05) is 18.2 Å². The van der Waals surface area contributed by atoms with Gasteiger partial charge in [-0.15, -0.1) is 0 Å². The summed E-state index contributed by atoms with van der Waals surface area (Å²) >= 11 is 0. The molecule has 16 heavy (non-hydrogen) atoms. The van der Waals surface area contributed by atoms with Crippen LogP contribution in [0.15, 0.2) is 48.5 Å². The molecular formula is C15H17Bk-. The van der Waals surface area contributed by atoms with Crippen LogP contribution < -0.4 is 0 Å². The molecule has 0 N–H and O–H groups in total. The van der Waals surface area contributed by atoms with Crippen molar-refractivity contribution >= 4 is 0 Å². The molecular weight excluding hydrogens is 427 g/mol. The predicted molar refractivity (Wildman–Crippen MR) is 65.9 cm³/mol. The number of rotatable bonds is 0. The van der Waals surface area contributed by atoms with Gasteiger partial charge >= 0.3 is 0 Å². The van der Waals surface area contributed by atoms with Crippen LogP contribution in [0.4, 0.5) is 0 Å². The number of aryl methyl sites for hydroxylation is 3. The van der Waals surface area contributed by atoms with E-state index in [-0.39, 0.29) is 0 Å². The molecule has 0 nitrogen and oxygen atoms in total. The Balaban J connectivity index is 0.000000267. The van der Waals surface area contributed by atoms with Gasteiger partial charge in [0.25, 0.3) is 0 Å². The van der Waals surface area contributed by atoms with Crippen LogP contribution in [0.25, 0.3) is 0 Å². The molecule has 0 unspecified atom stereocenters. The molecule has 87 valence electrons. The SMILES string of the molecule is Cc1c[c-]ccc1.Cc1ccc(C)cc1.[Bk]. The first-order chi connectivity index (χ1) is 7.18. The number of benzene rings is 2. The Bertz CT molecular complexity index is 355. The van der Waals surface area contributed by atoms with Crippen LogP contribution in [0, 0.1) is 26.8 Å². The minimum absolute atomic E-state index is 0. The van der Waals surface area contributed by atoms with E-state index in [1.165, 1.54) is 16.7 Å². The van der Waals surface area contributed by atoms with Gasteiger partial charge in [-0.05, 0) is 13.8 Å². The van der Waals surface area contributed by atoms with Crippen LogP contribution in [0.5, 0.6) is 0 Å². The molecule has 2 aromatic rings. The second-order valence-corrected chi connectivity index (χ2v) is 3.74. The Hall–Kier alpha value is -2.56. The summed E-state index contributed by atoms with van der Waals surface area (Å²) in [5.41, 5.74) is 3.92. The largest absolute Gasteiger partial charge is 0.184 e. The molecule has 0 bridgehead atoms. The molecule has 0 saturated carbocycles. The van der Waals surface area contributed by atoms with Crippen molar-refractivity contribution in [1.82, 2.24) is 0 Å². The van der Waals surface area contributed by atoms with E-state index in [2.05, 4.69) is 57.2 Å². The fourth-order valence-corrected chi connectivity index (χ4v) is 1.12. The van der Waals surface area contributed by atoms with Gasteiger partial charge in [0.1, 0.15) is 0 Å². The van der Waals surface area contributed by atoms with Gasteiger partial charge < -0.3 is 0 Å². The van der Waals surface area contributed by atoms with Gasteiger partial charge in [-0.1, -0.05) is 42.3 Å². The van der Waals surface area contributed by atoms with Gasteiger partial charge in [-0.25, -0.2) is 0 Å². The van der Waals surface area contributed by atoms with Gasteiger partial charge in [-0.2, -0.15) is 35.9 Å². The van der Waals surface area contributed by atoms with Crippen LogP contribution in [0.3, 0.4) is 0 Å². The average Bonchev–Trinajstić information content (AvgIpc) is 2.25. The van der Waals surface area contributed by atoms with Crippen LogP contribution in [0.2, 0.25) is 0 Å². The van der Waals surface area contributed by atoms with Gasteiger partial charge in [0, 0.05) is 0 Å². The van der Waals surface area contributed by atoms with E-state index in [4.69, 9.17) is 0 Å². The second kappa shape index (κ2) is 6.83. The summed E-state index contributed by atoms with van der Waals surface area (Å²) in [5.74, 6) is 0. The molecule has 1 radical (unpaired) electrons. The van der Waals surface area contributed by atoms with Crippen molar-refractivity contribution in [3.63, 3.8) is 0 Å². The first-order valence-corrected chi connectivity index (χ1v) is 5.14. The van der Waals surface area contributed by atoms with Crippen molar-refractivity contribution < 1.29 is 0 Å². The van der Waals surface area contributed by atoms with Crippen LogP contribution in [-0.4, -0.2) is 0 Å². The van der Waals surface area contributed by atoms with Crippen molar-refractivity contribution in [2.24, 2.45) is 0 Å².